The topological polar surface area (TPSA) is 60.4 Å². The normalized spacial score (nSPS) is 13.5. The predicted octanol–water partition coefficient (Wildman–Crippen LogP) is 1.37. The van der Waals surface area contributed by atoms with Crippen molar-refractivity contribution in [2.75, 3.05) is 0 Å². The van der Waals surface area contributed by atoms with Crippen molar-refractivity contribution in [1.29, 1.82) is 0 Å². The first-order chi connectivity index (χ1) is 6.93. The van der Waals surface area contributed by atoms with Crippen molar-refractivity contribution in [3.05, 3.63) is 30.3 Å². The van der Waals surface area contributed by atoms with E-state index in [9.17, 15) is 13.2 Å². The Kier molecular flexibility index (Phi) is 3.60. The summed E-state index contributed by atoms with van der Waals surface area (Å²) in [4.78, 5) is 10.9. The van der Waals surface area contributed by atoms with Crippen LogP contribution < -0.4 is 0 Å². The lowest BCUT2D eigenvalue weighted by Crippen LogP contribution is -2.22. The maximum atomic E-state index is 11.6. The zero-order valence-electron chi connectivity index (χ0n) is 8.51. The summed E-state index contributed by atoms with van der Waals surface area (Å²) in [5.41, 5.74) is 0. The molecule has 0 heterocycles. The van der Waals surface area contributed by atoms with E-state index in [0.717, 1.165) is 0 Å². The first-order valence-corrected chi connectivity index (χ1v) is 5.83. The minimum Gasteiger partial charge on any atom is -0.297 e. The smallest absolute Gasteiger partial charge is 0.297 e. The standard InChI is InChI=1S/C10H12O4S/c1-8(11)9(2)14-15(12,13)10-6-4-3-5-7-10/h3-7,9H,1-2H3. The molecule has 1 aromatic rings. The Balaban J connectivity index is 2.91. The van der Waals surface area contributed by atoms with Crippen LogP contribution in [0.5, 0.6) is 0 Å². The average molecular weight is 228 g/mol. The number of rotatable bonds is 4. The van der Waals surface area contributed by atoms with Gasteiger partial charge >= 0.3 is 0 Å². The Morgan fingerprint density at radius 3 is 2.27 bits per heavy atom. The highest BCUT2D eigenvalue weighted by atomic mass is 32.2. The number of carbonyl (C=O) groups is 1. The van der Waals surface area contributed by atoms with Crippen LogP contribution in [0.2, 0.25) is 0 Å². The van der Waals surface area contributed by atoms with Crippen LogP contribution in [0.15, 0.2) is 35.2 Å². The van der Waals surface area contributed by atoms with Crippen molar-refractivity contribution in [3.63, 3.8) is 0 Å². The van der Waals surface area contributed by atoms with E-state index in [0.29, 0.717) is 0 Å². The van der Waals surface area contributed by atoms with Gasteiger partial charge in [0, 0.05) is 0 Å². The van der Waals surface area contributed by atoms with Crippen LogP contribution in [0.3, 0.4) is 0 Å². The fourth-order valence-corrected chi connectivity index (χ4v) is 2.02. The first-order valence-electron chi connectivity index (χ1n) is 4.42. The molecule has 1 rings (SSSR count). The van der Waals surface area contributed by atoms with Gasteiger partial charge in [-0.25, -0.2) is 0 Å². The Labute approximate surface area is 89.0 Å². The molecule has 1 aromatic carbocycles. The third kappa shape index (κ3) is 3.14. The summed E-state index contributed by atoms with van der Waals surface area (Å²) in [6.07, 6.45) is -0.949. The maximum Gasteiger partial charge on any atom is 0.297 e. The van der Waals surface area contributed by atoms with Gasteiger partial charge in [-0.15, -0.1) is 0 Å². The lowest BCUT2D eigenvalue weighted by molar-refractivity contribution is -0.122. The highest BCUT2D eigenvalue weighted by molar-refractivity contribution is 7.86. The quantitative estimate of drug-likeness (QED) is 0.730. The van der Waals surface area contributed by atoms with Crippen LogP contribution in [0, 0.1) is 0 Å². The lowest BCUT2D eigenvalue weighted by atomic mass is 10.3. The molecule has 0 saturated carbocycles. The van der Waals surface area contributed by atoms with Crippen LogP contribution in [0.1, 0.15) is 13.8 Å². The van der Waals surface area contributed by atoms with Gasteiger partial charge in [-0.3, -0.25) is 8.98 Å². The van der Waals surface area contributed by atoms with E-state index in [2.05, 4.69) is 0 Å². The van der Waals surface area contributed by atoms with E-state index in [1.54, 1.807) is 18.2 Å². The van der Waals surface area contributed by atoms with Gasteiger partial charge in [0.05, 0.1) is 4.90 Å². The van der Waals surface area contributed by atoms with Gasteiger partial charge in [0.2, 0.25) is 0 Å². The van der Waals surface area contributed by atoms with E-state index < -0.39 is 16.2 Å². The van der Waals surface area contributed by atoms with Gasteiger partial charge in [0.1, 0.15) is 6.10 Å². The summed E-state index contributed by atoms with van der Waals surface area (Å²) in [5.74, 6) is -0.325. The second kappa shape index (κ2) is 4.55. The van der Waals surface area contributed by atoms with E-state index in [-0.39, 0.29) is 10.7 Å². The SMILES string of the molecule is CC(=O)C(C)OS(=O)(=O)c1ccccc1. The van der Waals surface area contributed by atoms with Gasteiger partial charge in [0.25, 0.3) is 10.1 Å². The molecule has 1 unspecified atom stereocenters. The van der Waals surface area contributed by atoms with Gasteiger partial charge in [-0.05, 0) is 26.0 Å². The van der Waals surface area contributed by atoms with Crippen LogP contribution in [-0.4, -0.2) is 20.3 Å². The molecular formula is C10H12O4S. The second-order valence-corrected chi connectivity index (χ2v) is 4.69. The molecule has 0 aliphatic carbocycles. The number of carbonyl (C=O) groups excluding carboxylic acids is 1. The minimum atomic E-state index is -3.83. The molecule has 0 radical (unpaired) electrons. The Hall–Kier alpha value is -1.20. The zero-order chi connectivity index (χ0) is 11.5. The van der Waals surface area contributed by atoms with Crippen LogP contribution in [0.25, 0.3) is 0 Å². The minimum absolute atomic E-state index is 0.0538. The molecule has 0 amide bonds. The number of hydrogen-bond donors (Lipinski definition) is 0. The summed E-state index contributed by atoms with van der Waals surface area (Å²) in [5, 5.41) is 0. The van der Waals surface area contributed by atoms with Crippen LogP contribution in [0.4, 0.5) is 0 Å². The van der Waals surface area contributed by atoms with Crippen LogP contribution in [-0.2, 0) is 19.1 Å². The van der Waals surface area contributed by atoms with E-state index in [1.807, 2.05) is 0 Å². The molecule has 82 valence electrons. The molecule has 5 heteroatoms. The number of ketones is 1. The van der Waals surface area contributed by atoms with E-state index in [4.69, 9.17) is 4.18 Å². The van der Waals surface area contributed by atoms with Gasteiger partial charge in [-0.1, -0.05) is 18.2 Å². The summed E-state index contributed by atoms with van der Waals surface area (Å²) in [6, 6.07) is 7.72. The summed E-state index contributed by atoms with van der Waals surface area (Å²) < 4.78 is 27.9. The molecule has 0 fully saturated rings. The third-order valence-electron chi connectivity index (χ3n) is 1.88. The Bertz CT molecular complexity index is 436. The molecule has 1 atom stereocenters. The maximum absolute atomic E-state index is 11.6. The number of hydrogen-bond acceptors (Lipinski definition) is 4. The van der Waals surface area contributed by atoms with Crippen molar-refractivity contribution in [2.24, 2.45) is 0 Å². The molecule has 0 spiro atoms. The molecule has 0 N–H and O–H groups in total. The van der Waals surface area contributed by atoms with Gasteiger partial charge in [-0.2, -0.15) is 8.42 Å². The van der Waals surface area contributed by atoms with Crippen molar-refractivity contribution in [3.8, 4) is 0 Å². The molecule has 0 bridgehead atoms. The molecule has 15 heavy (non-hydrogen) atoms. The summed E-state index contributed by atoms with van der Waals surface area (Å²) in [6.45, 7) is 2.69. The first kappa shape index (κ1) is 11.9. The fourth-order valence-electron chi connectivity index (χ4n) is 0.900. The molecule has 0 aromatic heterocycles. The summed E-state index contributed by atoms with van der Waals surface area (Å²) >= 11 is 0. The molecule has 0 aliphatic rings. The zero-order valence-corrected chi connectivity index (χ0v) is 9.32. The average Bonchev–Trinajstić information content (AvgIpc) is 2.18. The highest BCUT2D eigenvalue weighted by Gasteiger charge is 2.20. The third-order valence-corrected chi connectivity index (χ3v) is 3.27. The molecular weight excluding hydrogens is 216 g/mol. The van der Waals surface area contributed by atoms with Crippen molar-refractivity contribution < 1.29 is 17.4 Å². The lowest BCUT2D eigenvalue weighted by Gasteiger charge is -2.09. The molecule has 0 saturated heterocycles. The largest absolute Gasteiger partial charge is 0.297 e. The molecule has 4 nitrogen and oxygen atoms in total. The van der Waals surface area contributed by atoms with E-state index >= 15 is 0 Å². The van der Waals surface area contributed by atoms with Crippen LogP contribution >= 0.6 is 0 Å². The number of Topliss-reactive ketones (excluding diaryl/α,β-unsaturated/α-hetero) is 1. The Morgan fingerprint density at radius 1 is 1.27 bits per heavy atom. The van der Waals surface area contributed by atoms with E-state index in [1.165, 1.54) is 26.0 Å². The second-order valence-electron chi connectivity index (χ2n) is 3.12. The highest BCUT2D eigenvalue weighted by Crippen LogP contribution is 2.13. The fraction of sp³-hybridized carbons (Fsp3) is 0.300. The molecule has 0 aliphatic heterocycles. The van der Waals surface area contributed by atoms with Crippen molar-refractivity contribution in [2.45, 2.75) is 24.8 Å². The van der Waals surface area contributed by atoms with Crippen molar-refractivity contribution in [1.82, 2.24) is 0 Å². The Morgan fingerprint density at radius 2 is 1.80 bits per heavy atom. The number of benzene rings is 1. The predicted molar refractivity (Wildman–Crippen MR) is 54.9 cm³/mol. The summed E-state index contributed by atoms with van der Waals surface area (Å²) in [7, 11) is -3.83. The van der Waals surface area contributed by atoms with Gasteiger partial charge in [0.15, 0.2) is 5.78 Å². The van der Waals surface area contributed by atoms with Gasteiger partial charge < -0.3 is 0 Å². The monoisotopic (exact) mass is 228 g/mol. The van der Waals surface area contributed by atoms with Crippen molar-refractivity contribution >= 4 is 15.9 Å².